The van der Waals surface area contributed by atoms with Gasteiger partial charge >= 0.3 is 0 Å². The van der Waals surface area contributed by atoms with Gasteiger partial charge in [-0.1, -0.05) is 24.3 Å². The largest absolute Gasteiger partial charge is 0.308 e. The van der Waals surface area contributed by atoms with E-state index in [0.717, 1.165) is 29.9 Å². The zero-order valence-electron chi connectivity index (χ0n) is 14.8. The molecular formula is C21H20FN5. The highest BCUT2D eigenvalue weighted by atomic mass is 19.1. The molecule has 0 unspecified atom stereocenters. The van der Waals surface area contributed by atoms with Gasteiger partial charge in [0.25, 0.3) is 0 Å². The molecular weight excluding hydrogens is 341 g/mol. The fraction of sp³-hybridized carbons (Fsp3) is 0.143. The van der Waals surface area contributed by atoms with Crippen LogP contribution in [0.5, 0.6) is 0 Å². The summed E-state index contributed by atoms with van der Waals surface area (Å²) in [5.74, 6) is -0.243. The first-order valence-electron chi connectivity index (χ1n) is 8.82. The van der Waals surface area contributed by atoms with Gasteiger partial charge in [-0.15, -0.1) is 0 Å². The van der Waals surface area contributed by atoms with E-state index in [9.17, 15) is 4.39 Å². The van der Waals surface area contributed by atoms with E-state index in [1.807, 2.05) is 16.9 Å². The predicted octanol–water partition coefficient (Wildman–Crippen LogP) is 3.75. The second-order valence-corrected chi connectivity index (χ2v) is 6.40. The lowest BCUT2D eigenvalue weighted by Crippen LogP contribution is -2.13. The van der Waals surface area contributed by atoms with E-state index >= 15 is 0 Å². The van der Waals surface area contributed by atoms with E-state index in [-0.39, 0.29) is 5.82 Å². The summed E-state index contributed by atoms with van der Waals surface area (Å²) in [6.45, 7) is 2.19. The Morgan fingerprint density at radius 2 is 1.85 bits per heavy atom. The van der Waals surface area contributed by atoms with Crippen molar-refractivity contribution in [3.63, 3.8) is 0 Å². The molecule has 0 aliphatic rings. The fourth-order valence-electron chi connectivity index (χ4n) is 3.07. The Kier molecular flexibility index (Phi) is 5.07. The number of H-pyrrole nitrogens is 1. The Bertz CT molecular complexity index is 990. The van der Waals surface area contributed by atoms with Crippen molar-refractivity contribution in [1.82, 2.24) is 25.3 Å². The summed E-state index contributed by atoms with van der Waals surface area (Å²) in [5, 5.41) is 14.8. The number of benzene rings is 2. The Labute approximate surface area is 156 Å². The van der Waals surface area contributed by atoms with Crippen molar-refractivity contribution in [3.05, 3.63) is 95.7 Å². The third-order valence-corrected chi connectivity index (χ3v) is 4.39. The van der Waals surface area contributed by atoms with Gasteiger partial charge in [0.15, 0.2) is 0 Å². The van der Waals surface area contributed by atoms with E-state index < -0.39 is 0 Å². The molecule has 5 nitrogen and oxygen atoms in total. The fourth-order valence-corrected chi connectivity index (χ4v) is 3.07. The number of aromatic nitrogens is 4. The summed E-state index contributed by atoms with van der Waals surface area (Å²) in [7, 11) is 0. The molecule has 0 atom stereocenters. The number of nitrogens with zero attached hydrogens (tertiary/aromatic N) is 3. The van der Waals surface area contributed by atoms with Crippen LogP contribution in [0.25, 0.3) is 11.3 Å². The quantitative estimate of drug-likeness (QED) is 0.527. The van der Waals surface area contributed by atoms with Crippen LogP contribution >= 0.6 is 0 Å². The standard InChI is InChI=1S/C21H20FN5/c22-20-7-5-18(6-8-20)21-19(14-24-26-21)13-23-12-16-3-1-4-17(11-16)15-27-10-2-9-25-27/h1-11,14,23H,12-13,15H2,(H,24,26). The predicted molar refractivity (Wildman–Crippen MR) is 102 cm³/mol. The Hall–Kier alpha value is -3.25. The first kappa shape index (κ1) is 17.2. The van der Waals surface area contributed by atoms with E-state index in [2.05, 4.69) is 44.9 Å². The van der Waals surface area contributed by atoms with Crippen molar-refractivity contribution in [1.29, 1.82) is 0 Å². The van der Waals surface area contributed by atoms with Crippen molar-refractivity contribution in [2.75, 3.05) is 0 Å². The molecule has 0 saturated carbocycles. The molecule has 0 amide bonds. The highest BCUT2D eigenvalue weighted by molar-refractivity contribution is 5.62. The van der Waals surface area contributed by atoms with Crippen molar-refractivity contribution < 1.29 is 4.39 Å². The highest BCUT2D eigenvalue weighted by Gasteiger charge is 2.08. The van der Waals surface area contributed by atoms with Crippen molar-refractivity contribution >= 4 is 0 Å². The van der Waals surface area contributed by atoms with Crippen LogP contribution in [0.4, 0.5) is 4.39 Å². The van der Waals surface area contributed by atoms with E-state index in [1.54, 1.807) is 24.5 Å². The lowest BCUT2D eigenvalue weighted by Gasteiger charge is -2.08. The van der Waals surface area contributed by atoms with Gasteiger partial charge < -0.3 is 5.32 Å². The van der Waals surface area contributed by atoms with Gasteiger partial charge in [-0.25, -0.2) is 4.39 Å². The summed E-state index contributed by atoms with van der Waals surface area (Å²) in [4.78, 5) is 0. The van der Waals surface area contributed by atoms with Crippen LogP contribution in [-0.4, -0.2) is 20.0 Å². The molecule has 4 rings (SSSR count). The molecule has 0 bridgehead atoms. The minimum absolute atomic E-state index is 0.243. The monoisotopic (exact) mass is 361 g/mol. The minimum atomic E-state index is -0.243. The Morgan fingerprint density at radius 1 is 1.00 bits per heavy atom. The number of nitrogens with one attached hydrogen (secondary N) is 2. The lowest BCUT2D eigenvalue weighted by molar-refractivity contribution is 0.628. The number of aromatic amines is 1. The normalized spacial score (nSPS) is 11.0. The molecule has 0 saturated heterocycles. The van der Waals surface area contributed by atoms with Crippen LogP contribution in [0, 0.1) is 5.82 Å². The maximum absolute atomic E-state index is 13.1. The molecule has 0 aliphatic carbocycles. The molecule has 0 spiro atoms. The van der Waals surface area contributed by atoms with E-state index in [0.29, 0.717) is 6.54 Å². The summed E-state index contributed by atoms with van der Waals surface area (Å²) >= 11 is 0. The SMILES string of the molecule is Fc1ccc(-c2[nH]ncc2CNCc2cccc(Cn3cccn3)c2)cc1. The third kappa shape index (κ3) is 4.30. The lowest BCUT2D eigenvalue weighted by atomic mass is 10.1. The molecule has 2 heterocycles. The second-order valence-electron chi connectivity index (χ2n) is 6.40. The zero-order valence-corrected chi connectivity index (χ0v) is 14.8. The van der Waals surface area contributed by atoms with Crippen molar-refractivity contribution in [3.8, 4) is 11.3 Å². The van der Waals surface area contributed by atoms with Gasteiger partial charge in [-0.2, -0.15) is 10.2 Å². The van der Waals surface area contributed by atoms with E-state index in [1.165, 1.54) is 23.3 Å². The molecule has 27 heavy (non-hydrogen) atoms. The van der Waals surface area contributed by atoms with Crippen LogP contribution in [0.1, 0.15) is 16.7 Å². The minimum Gasteiger partial charge on any atom is -0.308 e. The van der Waals surface area contributed by atoms with Crippen LogP contribution in [0.2, 0.25) is 0 Å². The number of halogens is 1. The molecule has 4 aromatic rings. The summed E-state index contributed by atoms with van der Waals surface area (Å²) in [6.07, 6.45) is 5.55. The van der Waals surface area contributed by atoms with Crippen LogP contribution in [0.15, 0.2) is 73.2 Å². The maximum Gasteiger partial charge on any atom is 0.123 e. The first-order chi connectivity index (χ1) is 13.3. The van der Waals surface area contributed by atoms with Gasteiger partial charge in [0.05, 0.1) is 18.4 Å². The molecule has 2 N–H and O–H groups in total. The topological polar surface area (TPSA) is 58.5 Å². The van der Waals surface area contributed by atoms with Gasteiger partial charge in [0.2, 0.25) is 0 Å². The molecule has 0 fully saturated rings. The summed E-state index contributed by atoms with van der Waals surface area (Å²) in [6, 6.07) is 16.8. The van der Waals surface area contributed by atoms with Crippen molar-refractivity contribution in [2.24, 2.45) is 0 Å². The molecule has 0 aliphatic heterocycles. The smallest absolute Gasteiger partial charge is 0.123 e. The molecule has 0 radical (unpaired) electrons. The zero-order chi connectivity index (χ0) is 18.5. The van der Waals surface area contributed by atoms with Crippen LogP contribution in [0.3, 0.4) is 0 Å². The van der Waals surface area contributed by atoms with E-state index in [4.69, 9.17) is 0 Å². The number of rotatable bonds is 7. The number of hydrogen-bond acceptors (Lipinski definition) is 3. The van der Waals surface area contributed by atoms with Crippen LogP contribution in [-0.2, 0) is 19.6 Å². The molecule has 2 aromatic carbocycles. The van der Waals surface area contributed by atoms with Crippen LogP contribution < -0.4 is 5.32 Å². The summed E-state index contributed by atoms with van der Waals surface area (Å²) in [5.41, 5.74) is 5.32. The van der Waals surface area contributed by atoms with Gasteiger partial charge in [-0.3, -0.25) is 9.78 Å². The van der Waals surface area contributed by atoms with Gasteiger partial charge in [0, 0.05) is 36.6 Å². The maximum atomic E-state index is 13.1. The Morgan fingerprint density at radius 3 is 2.67 bits per heavy atom. The van der Waals surface area contributed by atoms with Gasteiger partial charge in [-0.05, 0) is 41.5 Å². The molecule has 136 valence electrons. The second kappa shape index (κ2) is 7.97. The Balaban J connectivity index is 1.38. The molecule has 6 heteroatoms. The highest BCUT2D eigenvalue weighted by Crippen LogP contribution is 2.21. The van der Waals surface area contributed by atoms with Gasteiger partial charge in [0.1, 0.15) is 5.82 Å². The average molecular weight is 361 g/mol. The first-order valence-corrected chi connectivity index (χ1v) is 8.82. The average Bonchev–Trinajstić information content (AvgIpc) is 3.35. The third-order valence-electron chi connectivity index (χ3n) is 4.39. The van der Waals surface area contributed by atoms with Crippen molar-refractivity contribution in [2.45, 2.75) is 19.6 Å². The molecule has 2 aromatic heterocycles. The summed E-state index contributed by atoms with van der Waals surface area (Å²) < 4.78 is 15.0. The number of hydrogen-bond donors (Lipinski definition) is 2.